The first kappa shape index (κ1) is 9.35. The van der Waals surface area contributed by atoms with E-state index in [-0.39, 0.29) is 0 Å². The van der Waals surface area contributed by atoms with Crippen LogP contribution in [0, 0.1) is 11.3 Å². The van der Waals surface area contributed by atoms with Gasteiger partial charge in [-0.3, -0.25) is 0 Å². The lowest BCUT2D eigenvalue weighted by Crippen LogP contribution is -2.34. The Balaban J connectivity index is 2.22. The van der Waals surface area contributed by atoms with E-state index in [0.717, 1.165) is 6.54 Å². The van der Waals surface area contributed by atoms with Crippen LogP contribution in [0.25, 0.3) is 0 Å². The van der Waals surface area contributed by atoms with Crippen LogP contribution >= 0.6 is 0 Å². The first-order chi connectivity index (χ1) is 7.38. The Kier molecular flexibility index (Phi) is 2.70. The molecule has 0 unspecified atom stereocenters. The van der Waals surface area contributed by atoms with Crippen LogP contribution in [-0.2, 0) is 6.54 Å². The third kappa shape index (κ3) is 2.38. The molecule has 3 nitrogen and oxygen atoms in total. The molecule has 0 saturated heterocycles. The molecule has 0 N–H and O–H groups in total. The van der Waals surface area contributed by atoms with Gasteiger partial charge in [0.05, 0.1) is 6.20 Å². The molecule has 0 aliphatic carbocycles. The predicted molar refractivity (Wildman–Crippen MR) is 54.7 cm³/mol. The number of rotatable bonds is 2. The Morgan fingerprint density at radius 2 is 2.07 bits per heavy atom. The van der Waals surface area contributed by atoms with E-state index < -0.39 is 0 Å². The number of nitrogens with zero attached hydrogens (tertiary/aromatic N) is 3. The van der Waals surface area contributed by atoms with Crippen molar-refractivity contribution in [1.82, 2.24) is 4.98 Å². The summed E-state index contributed by atoms with van der Waals surface area (Å²) >= 11 is 0. The van der Waals surface area contributed by atoms with Crippen LogP contribution in [0.2, 0.25) is 0 Å². The maximum Gasteiger partial charge on any atom is 0.205 e. The Hall–Kier alpha value is -2.21. The van der Waals surface area contributed by atoms with Gasteiger partial charge in [0.25, 0.3) is 0 Å². The van der Waals surface area contributed by atoms with Crippen molar-refractivity contribution in [3.05, 3.63) is 60.2 Å². The van der Waals surface area contributed by atoms with Crippen molar-refractivity contribution < 1.29 is 4.57 Å². The van der Waals surface area contributed by atoms with Crippen LogP contribution in [0.3, 0.4) is 0 Å². The lowest BCUT2D eigenvalue weighted by atomic mass is 10.2. The van der Waals surface area contributed by atoms with Crippen LogP contribution in [0.1, 0.15) is 11.3 Å². The van der Waals surface area contributed by atoms with Gasteiger partial charge in [-0.05, 0) is 0 Å². The quantitative estimate of drug-likeness (QED) is 0.679. The van der Waals surface area contributed by atoms with Gasteiger partial charge in [-0.25, -0.2) is 4.98 Å². The van der Waals surface area contributed by atoms with Crippen molar-refractivity contribution in [1.29, 1.82) is 5.26 Å². The summed E-state index contributed by atoms with van der Waals surface area (Å²) in [6.45, 7) is 0.762. The molecule has 1 heterocycles. The van der Waals surface area contributed by atoms with Crippen LogP contribution in [0.15, 0.2) is 48.9 Å². The molecule has 0 amide bonds. The lowest BCUT2D eigenvalue weighted by molar-refractivity contribution is -0.689. The van der Waals surface area contributed by atoms with Crippen LogP contribution in [-0.4, -0.2) is 4.98 Å². The molecule has 1 aromatic carbocycles. The minimum atomic E-state index is 0.438. The molecule has 15 heavy (non-hydrogen) atoms. The highest BCUT2D eigenvalue weighted by molar-refractivity contribution is 5.14. The Bertz CT molecular complexity index is 486. The van der Waals surface area contributed by atoms with E-state index in [1.165, 1.54) is 5.56 Å². The van der Waals surface area contributed by atoms with Crippen LogP contribution in [0.5, 0.6) is 0 Å². The highest BCUT2D eigenvalue weighted by Gasteiger charge is 2.03. The summed E-state index contributed by atoms with van der Waals surface area (Å²) in [5.41, 5.74) is 1.64. The van der Waals surface area contributed by atoms with Gasteiger partial charge in [-0.2, -0.15) is 9.83 Å². The summed E-state index contributed by atoms with van der Waals surface area (Å²) in [5.74, 6) is 0. The molecule has 2 aromatic rings. The van der Waals surface area contributed by atoms with E-state index >= 15 is 0 Å². The van der Waals surface area contributed by atoms with Crippen LogP contribution < -0.4 is 4.57 Å². The second kappa shape index (κ2) is 4.34. The summed E-state index contributed by atoms with van der Waals surface area (Å²) < 4.78 is 1.95. The molecule has 72 valence electrons. The molecule has 0 aliphatic rings. The largest absolute Gasteiger partial charge is 0.234 e. The van der Waals surface area contributed by atoms with Gasteiger partial charge in [0.15, 0.2) is 12.7 Å². The van der Waals surface area contributed by atoms with Crippen LogP contribution in [0.4, 0.5) is 0 Å². The second-order valence-corrected chi connectivity index (χ2v) is 3.21. The van der Waals surface area contributed by atoms with Crippen molar-refractivity contribution >= 4 is 0 Å². The lowest BCUT2D eigenvalue weighted by Gasteiger charge is -1.96. The fourth-order valence-electron chi connectivity index (χ4n) is 1.38. The summed E-state index contributed by atoms with van der Waals surface area (Å²) in [4.78, 5) is 3.92. The molecule has 1 aromatic heterocycles. The topological polar surface area (TPSA) is 40.6 Å². The summed E-state index contributed by atoms with van der Waals surface area (Å²) in [6, 6.07) is 12.1. The van der Waals surface area contributed by atoms with Crippen molar-refractivity contribution in [2.45, 2.75) is 6.54 Å². The zero-order valence-corrected chi connectivity index (χ0v) is 8.17. The van der Waals surface area contributed by atoms with Gasteiger partial charge in [0.1, 0.15) is 6.07 Å². The van der Waals surface area contributed by atoms with E-state index in [1.54, 1.807) is 12.4 Å². The number of nitriles is 1. The first-order valence-electron chi connectivity index (χ1n) is 4.67. The summed E-state index contributed by atoms with van der Waals surface area (Å²) in [6.07, 6.45) is 5.24. The Labute approximate surface area is 88.3 Å². The fraction of sp³-hybridized carbons (Fsp3) is 0.0833. The van der Waals surface area contributed by atoms with Gasteiger partial charge >= 0.3 is 0 Å². The highest BCUT2D eigenvalue weighted by Crippen LogP contribution is 1.97. The third-order valence-electron chi connectivity index (χ3n) is 2.08. The highest BCUT2D eigenvalue weighted by atomic mass is 15.0. The molecule has 3 heteroatoms. The smallest absolute Gasteiger partial charge is 0.205 e. The number of hydrogen-bond acceptors (Lipinski definition) is 2. The predicted octanol–water partition coefficient (Wildman–Crippen LogP) is 1.29. The van der Waals surface area contributed by atoms with E-state index in [2.05, 4.69) is 17.1 Å². The molecular weight excluding hydrogens is 186 g/mol. The fourth-order valence-corrected chi connectivity index (χ4v) is 1.38. The van der Waals surface area contributed by atoms with Crippen molar-refractivity contribution in [3.63, 3.8) is 0 Å². The second-order valence-electron chi connectivity index (χ2n) is 3.21. The van der Waals surface area contributed by atoms with E-state index in [4.69, 9.17) is 5.26 Å². The molecule has 0 spiro atoms. The third-order valence-corrected chi connectivity index (χ3v) is 2.08. The van der Waals surface area contributed by atoms with Crippen molar-refractivity contribution in [3.8, 4) is 6.07 Å². The van der Waals surface area contributed by atoms with Gasteiger partial charge in [-0.15, -0.1) is 0 Å². The Morgan fingerprint density at radius 1 is 1.27 bits per heavy atom. The SMILES string of the molecule is N#Cc1c[n+](Cc2ccccc2)ccn1. The minimum absolute atomic E-state index is 0.438. The maximum absolute atomic E-state index is 8.70. The Morgan fingerprint density at radius 3 is 2.80 bits per heavy atom. The number of aromatic nitrogens is 2. The zero-order valence-electron chi connectivity index (χ0n) is 8.17. The molecule has 0 aliphatic heterocycles. The van der Waals surface area contributed by atoms with E-state index in [9.17, 15) is 0 Å². The zero-order chi connectivity index (χ0) is 10.5. The van der Waals surface area contributed by atoms with E-state index in [0.29, 0.717) is 5.69 Å². The summed E-state index contributed by atoms with van der Waals surface area (Å²) in [7, 11) is 0. The monoisotopic (exact) mass is 196 g/mol. The number of benzene rings is 1. The first-order valence-corrected chi connectivity index (χ1v) is 4.67. The standard InChI is InChI=1S/C12H10N3/c13-8-12-10-15(7-6-14-12)9-11-4-2-1-3-5-11/h1-7,10H,9H2/q+1. The molecule has 0 radical (unpaired) electrons. The molecular formula is C12H10N3+. The minimum Gasteiger partial charge on any atom is -0.234 e. The molecule has 0 fully saturated rings. The molecule has 0 bridgehead atoms. The van der Waals surface area contributed by atoms with Crippen molar-refractivity contribution in [2.24, 2.45) is 0 Å². The van der Waals surface area contributed by atoms with Gasteiger partial charge < -0.3 is 0 Å². The van der Waals surface area contributed by atoms with Gasteiger partial charge in [0.2, 0.25) is 11.9 Å². The molecule has 0 saturated carbocycles. The average molecular weight is 196 g/mol. The molecule has 0 atom stereocenters. The van der Waals surface area contributed by atoms with Crippen molar-refractivity contribution in [2.75, 3.05) is 0 Å². The summed E-state index contributed by atoms with van der Waals surface area (Å²) in [5, 5.41) is 8.70. The van der Waals surface area contributed by atoms with Gasteiger partial charge in [0, 0.05) is 5.56 Å². The van der Waals surface area contributed by atoms with E-state index in [1.807, 2.05) is 35.0 Å². The van der Waals surface area contributed by atoms with Gasteiger partial charge in [-0.1, -0.05) is 30.3 Å². The molecule has 2 rings (SSSR count). The average Bonchev–Trinajstić information content (AvgIpc) is 2.31. The normalized spacial score (nSPS) is 9.53. The maximum atomic E-state index is 8.70. The number of hydrogen-bond donors (Lipinski definition) is 0.